The van der Waals surface area contributed by atoms with Crippen LogP contribution in [0.4, 0.5) is 0 Å². The fourth-order valence-electron chi connectivity index (χ4n) is 2.00. The van der Waals surface area contributed by atoms with E-state index >= 15 is 0 Å². The highest BCUT2D eigenvalue weighted by Gasteiger charge is 2.06. The van der Waals surface area contributed by atoms with Crippen LogP contribution >= 0.6 is 0 Å². The summed E-state index contributed by atoms with van der Waals surface area (Å²) in [6.45, 7) is 11.3. The predicted octanol–water partition coefficient (Wildman–Crippen LogP) is 3.02. The molecule has 1 aliphatic heterocycles. The Morgan fingerprint density at radius 2 is 2.05 bits per heavy atom. The minimum Gasteiger partial charge on any atom is -0.495 e. The van der Waals surface area contributed by atoms with Gasteiger partial charge in [0.25, 0.3) is 0 Å². The molecular weight excluding hydrogens is 236 g/mol. The minimum atomic E-state index is 0.762. The van der Waals surface area contributed by atoms with Crippen molar-refractivity contribution in [3.05, 3.63) is 35.8 Å². The van der Waals surface area contributed by atoms with Crippen LogP contribution in [0.2, 0.25) is 0 Å². The molecule has 0 aliphatic carbocycles. The van der Waals surface area contributed by atoms with Crippen molar-refractivity contribution < 1.29 is 4.74 Å². The maximum Gasteiger partial charge on any atom is 0.115 e. The summed E-state index contributed by atoms with van der Waals surface area (Å²) in [5.74, 6) is 1.04. The molecule has 1 rings (SSSR count). The average molecular weight is 264 g/mol. The zero-order valence-corrected chi connectivity index (χ0v) is 12.9. The van der Waals surface area contributed by atoms with Crippen molar-refractivity contribution in [1.82, 2.24) is 9.80 Å². The Labute approximate surface area is 118 Å². The second kappa shape index (κ2) is 8.81. The van der Waals surface area contributed by atoms with Crippen LogP contribution in [0.5, 0.6) is 0 Å². The second-order valence-corrected chi connectivity index (χ2v) is 4.87. The summed E-state index contributed by atoms with van der Waals surface area (Å²) in [5, 5.41) is 0. The monoisotopic (exact) mass is 264 g/mol. The van der Waals surface area contributed by atoms with Gasteiger partial charge in [-0.3, -0.25) is 0 Å². The summed E-state index contributed by atoms with van der Waals surface area (Å²) in [4.78, 5) is 4.61. The zero-order valence-electron chi connectivity index (χ0n) is 12.9. The summed E-state index contributed by atoms with van der Waals surface area (Å²) in [6, 6.07) is 0. The van der Waals surface area contributed by atoms with Crippen molar-refractivity contribution in [2.75, 3.05) is 39.8 Å². The topological polar surface area (TPSA) is 15.7 Å². The first-order valence-corrected chi connectivity index (χ1v) is 7.26. The highest BCUT2D eigenvalue weighted by atomic mass is 16.5. The molecule has 0 atom stereocenters. The van der Waals surface area contributed by atoms with Gasteiger partial charge in [0, 0.05) is 19.3 Å². The van der Waals surface area contributed by atoms with Crippen LogP contribution in [-0.2, 0) is 4.74 Å². The molecule has 0 aromatic carbocycles. The van der Waals surface area contributed by atoms with Crippen LogP contribution < -0.4 is 0 Å². The van der Waals surface area contributed by atoms with E-state index in [0.717, 1.165) is 45.0 Å². The Kier molecular flexibility index (Phi) is 7.34. The largest absolute Gasteiger partial charge is 0.495 e. The van der Waals surface area contributed by atoms with E-state index in [9.17, 15) is 0 Å². The van der Waals surface area contributed by atoms with Gasteiger partial charge in [0.05, 0.1) is 6.54 Å². The number of likely N-dealkylation sites (N-methyl/N-ethyl adjacent to an activating group) is 2. The zero-order chi connectivity index (χ0) is 14.1. The van der Waals surface area contributed by atoms with Crippen LogP contribution in [0.15, 0.2) is 35.8 Å². The molecule has 3 nitrogen and oxygen atoms in total. The Hall–Kier alpha value is -1.22. The normalized spacial score (nSPS) is 23.7. The minimum absolute atomic E-state index is 0.762. The maximum atomic E-state index is 5.93. The fourth-order valence-corrected chi connectivity index (χ4v) is 2.00. The van der Waals surface area contributed by atoms with Crippen molar-refractivity contribution in [3.8, 4) is 0 Å². The van der Waals surface area contributed by atoms with E-state index in [1.165, 1.54) is 5.70 Å². The lowest BCUT2D eigenvalue weighted by atomic mass is 10.3. The molecule has 0 amide bonds. The molecule has 0 radical (unpaired) electrons. The summed E-state index contributed by atoms with van der Waals surface area (Å²) in [5.41, 5.74) is 1.30. The molecular formula is C16H28N2O. The van der Waals surface area contributed by atoms with E-state index in [1.807, 2.05) is 0 Å². The molecule has 0 saturated carbocycles. The molecule has 0 fully saturated rings. The van der Waals surface area contributed by atoms with Crippen molar-refractivity contribution >= 4 is 0 Å². The quantitative estimate of drug-likeness (QED) is 0.733. The Morgan fingerprint density at radius 3 is 2.74 bits per heavy atom. The Bertz CT molecular complexity index is 341. The second-order valence-electron chi connectivity index (χ2n) is 4.87. The van der Waals surface area contributed by atoms with Gasteiger partial charge in [-0.05, 0) is 32.5 Å². The lowest BCUT2D eigenvalue weighted by Gasteiger charge is -2.23. The lowest BCUT2D eigenvalue weighted by molar-refractivity contribution is 0.150. The van der Waals surface area contributed by atoms with Crippen molar-refractivity contribution in [1.29, 1.82) is 0 Å². The molecule has 19 heavy (non-hydrogen) atoms. The van der Waals surface area contributed by atoms with E-state index in [4.69, 9.17) is 4.74 Å². The van der Waals surface area contributed by atoms with Gasteiger partial charge < -0.3 is 14.5 Å². The van der Waals surface area contributed by atoms with Gasteiger partial charge in [-0.2, -0.15) is 0 Å². The Morgan fingerprint density at radius 1 is 1.32 bits per heavy atom. The molecule has 0 N–H and O–H groups in total. The third-order valence-electron chi connectivity index (χ3n) is 3.55. The van der Waals surface area contributed by atoms with E-state index in [-0.39, 0.29) is 0 Å². The first-order valence-electron chi connectivity index (χ1n) is 7.26. The number of hydrogen-bond donors (Lipinski definition) is 0. The van der Waals surface area contributed by atoms with Gasteiger partial charge >= 0.3 is 0 Å². The Balaban J connectivity index is 2.49. The average Bonchev–Trinajstić information content (AvgIpc) is 2.48. The molecule has 0 bridgehead atoms. The van der Waals surface area contributed by atoms with E-state index in [0.29, 0.717) is 0 Å². The molecule has 0 unspecified atom stereocenters. The number of rotatable bonds is 6. The third-order valence-corrected chi connectivity index (χ3v) is 3.55. The molecule has 108 valence electrons. The molecule has 3 heteroatoms. The van der Waals surface area contributed by atoms with Crippen LogP contribution in [0.3, 0.4) is 0 Å². The van der Waals surface area contributed by atoms with Crippen LogP contribution in [0.1, 0.15) is 27.2 Å². The molecule has 0 spiro atoms. The standard InChI is InChI=1S/C16H28N2O/c1-5-18(6-2)12-13-19-16-11-9-7-8-10-15(3)17(4)14-16/h7,9-11H,5-6,8,12-14H2,1-4H3/b9-7-,15-10-,16-11+. The van der Waals surface area contributed by atoms with Crippen LogP contribution in [0.25, 0.3) is 0 Å². The smallest absolute Gasteiger partial charge is 0.115 e. The van der Waals surface area contributed by atoms with E-state index in [1.54, 1.807) is 0 Å². The number of ether oxygens (including phenoxy) is 1. The number of nitrogens with zero attached hydrogens (tertiary/aromatic N) is 2. The predicted molar refractivity (Wildman–Crippen MR) is 82.0 cm³/mol. The summed E-state index contributed by atoms with van der Waals surface area (Å²) in [6.07, 6.45) is 9.57. The molecule has 0 saturated heterocycles. The summed E-state index contributed by atoms with van der Waals surface area (Å²) < 4.78 is 5.93. The molecule has 1 heterocycles. The first kappa shape index (κ1) is 15.8. The van der Waals surface area contributed by atoms with Crippen molar-refractivity contribution in [2.45, 2.75) is 27.2 Å². The van der Waals surface area contributed by atoms with Gasteiger partial charge in [-0.1, -0.05) is 32.1 Å². The number of allylic oxidation sites excluding steroid dienone is 5. The number of hydrogen-bond acceptors (Lipinski definition) is 3. The van der Waals surface area contributed by atoms with Gasteiger partial charge in [0.2, 0.25) is 0 Å². The highest BCUT2D eigenvalue weighted by molar-refractivity contribution is 5.15. The van der Waals surface area contributed by atoms with Gasteiger partial charge in [-0.25, -0.2) is 0 Å². The van der Waals surface area contributed by atoms with Gasteiger partial charge in [0.15, 0.2) is 0 Å². The van der Waals surface area contributed by atoms with Crippen molar-refractivity contribution in [3.63, 3.8) is 0 Å². The third kappa shape index (κ3) is 5.97. The van der Waals surface area contributed by atoms with Crippen LogP contribution in [0, 0.1) is 0 Å². The fraction of sp³-hybridized carbons (Fsp3) is 0.625. The van der Waals surface area contributed by atoms with Crippen molar-refractivity contribution in [2.24, 2.45) is 0 Å². The summed E-state index contributed by atoms with van der Waals surface area (Å²) >= 11 is 0. The molecule has 0 aromatic heterocycles. The summed E-state index contributed by atoms with van der Waals surface area (Å²) in [7, 11) is 2.11. The van der Waals surface area contributed by atoms with Gasteiger partial charge in [0.1, 0.15) is 12.4 Å². The highest BCUT2D eigenvalue weighted by Crippen LogP contribution is 2.10. The lowest BCUT2D eigenvalue weighted by Crippen LogP contribution is -2.28. The molecule has 0 aromatic rings. The SMILES string of the molecule is CCN(CC)CCO/C1=C/C=C\C/C=C(/C)N(C)C1. The molecule has 1 aliphatic rings. The van der Waals surface area contributed by atoms with E-state index < -0.39 is 0 Å². The van der Waals surface area contributed by atoms with E-state index in [2.05, 4.69) is 61.9 Å². The first-order chi connectivity index (χ1) is 9.17. The maximum absolute atomic E-state index is 5.93. The van der Waals surface area contributed by atoms with Gasteiger partial charge in [-0.15, -0.1) is 0 Å². The van der Waals surface area contributed by atoms with Crippen LogP contribution in [-0.4, -0.2) is 49.6 Å².